The van der Waals surface area contributed by atoms with Gasteiger partial charge in [0.1, 0.15) is 5.82 Å². The van der Waals surface area contributed by atoms with Crippen LogP contribution in [-0.2, 0) is 11.2 Å². The number of hydrogen-bond donors (Lipinski definition) is 0. The molecular formula is C20H21F3O. The molecule has 128 valence electrons. The van der Waals surface area contributed by atoms with Crippen LogP contribution in [0.5, 0.6) is 0 Å². The first-order valence-corrected chi connectivity index (χ1v) is 8.39. The molecule has 2 unspecified atom stereocenters. The van der Waals surface area contributed by atoms with E-state index in [1.165, 1.54) is 12.1 Å². The highest BCUT2D eigenvalue weighted by atomic mass is 19.2. The van der Waals surface area contributed by atoms with Crippen LogP contribution in [0.4, 0.5) is 13.2 Å². The van der Waals surface area contributed by atoms with E-state index in [0.29, 0.717) is 29.7 Å². The zero-order valence-corrected chi connectivity index (χ0v) is 13.9. The average molecular weight is 334 g/mol. The Morgan fingerprint density at radius 2 is 1.83 bits per heavy atom. The number of hydrogen-bond acceptors (Lipinski definition) is 1. The molecule has 0 aliphatic carbocycles. The van der Waals surface area contributed by atoms with Crippen molar-refractivity contribution in [3.63, 3.8) is 0 Å². The zero-order chi connectivity index (χ0) is 17.3. The lowest BCUT2D eigenvalue weighted by molar-refractivity contribution is 0.0147. The molecule has 1 aliphatic rings. The first-order chi connectivity index (χ1) is 11.5. The van der Waals surface area contributed by atoms with Gasteiger partial charge in [-0.1, -0.05) is 31.2 Å². The van der Waals surface area contributed by atoms with Crippen molar-refractivity contribution in [1.29, 1.82) is 0 Å². The lowest BCUT2D eigenvalue weighted by atomic mass is 9.89. The second-order valence-electron chi connectivity index (χ2n) is 6.41. The first-order valence-electron chi connectivity index (χ1n) is 8.39. The van der Waals surface area contributed by atoms with Gasteiger partial charge in [0, 0.05) is 11.5 Å². The van der Waals surface area contributed by atoms with E-state index in [9.17, 15) is 13.2 Å². The van der Waals surface area contributed by atoms with Crippen molar-refractivity contribution < 1.29 is 17.9 Å². The zero-order valence-electron chi connectivity index (χ0n) is 13.9. The van der Waals surface area contributed by atoms with Gasteiger partial charge in [-0.25, -0.2) is 13.2 Å². The predicted octanol–water partition coefficient (Wildman–Crippen LogP) is 5.62. The molecule has 2 aromatic rings. The summed E-state index contributed by atoms with van der Waals surface area (Å²) in [7, 11) is 0. The molecule has 0 saturated carbocycles. The molecule has 0 aromatic heterocycles. The Hall–Kier alpha value is -1.81. The van der Waals surface area contributed by atoms with E-state index in [1.807, 2.05) is 13.8 Å². The Morgan fingerprint density at radius 3 is 2.46 bits per heavy atom. The van der Waals surface area contributed by atoms with E-state index in [1.54, 1.807) is 18.2 Å². The molecule has 0 amide bonds. The van der Waals surface area contributed by atoms with Gasteiger partial charge in [0.05, 0.1) is 12.7 Å². The van der Waals surface area contributed by atoms with Gasteiger partial charge in [-0.05, 0) is 48.9 Å². The van der Waals surface area contributed by atoms with Gasteiger partial charge in [-0.15, -0.1) is 0 Å². The van der Waals surface area contributed by atoms with Crippen molar-refractivity contribution in [3.05, 3.63) is 58.9 Å². The summed E-state index contributed by atoms with van der Waals surface area (Å²) in [5, 5.41) is 0. The summed E-state index contributed by atoms with van der Waals surface area (Å²) in [5.41, 5.74) is 1.34. The third-order valence-electron chi connectivity index (χ3n) is 4.80. The largest absolute Gasteiger partial charge is 0.378 e. The van der Waals surface area contributed by atoms with E-state index in [-0.39, 0.29) is 17.6 Å². The maximum Gasteiger partial charge on any atom is 0.166 e. The van der Waals surface area contributed by atoms with Gasteiger partial charge < -0.3 is 4.74 Å². The van der Waals surface area contributed by atoms with Crippen molar-refractivity contribution in [1.82, 2.24) is 0 Å². The Morgan fingerprint density at radius 1 is 1.04 bits per heavy atom. The van der Waals surface area contributed by atoms with Crippen molar-refractivity contribution >= 4 is 0 Å². The maximum atomic E-state index is 14.6. The predicted molar refractivity (Wildman–Crippen MR) is 88.5 cm³/mol. The number of aryl methyl sites for hydroxylation is 1. The highest BCUT2D eigenvalue weighted by molar-refractivity contribution is 5.65. The van der Waals surface area contributed by atoms with Crippen LogP contribution in [0.1, 0.15) is 43.7 Å². The van der Waals surface area contributed by atoms with Gasteiger partial charge >= 0.3 is 0 Å². The first kappa shape index (κ1) is 17.0. The summed E-state index contributed by atoms with van der Waals surface area (Å²) in [6, 6.07) is 7.65. The summed E-state index contributed by atoms with van der Waals surface area (Å²) in [5.74, 6) is -2.30. The Bertz CT molecular complexity index is 734. The topological polar surface area (TPSA) is 9.23 Å². The van der Waals surface area contributed by atoms with E-state index >= 15 is 0 Å². The maximum absolute atomic E-state index is 14.6. The minimum atomic E-state index is -0.922. The standard InChI is InChI=1S/C20H21F3O/c1-3-13-6-7-14(10-18(13)21)16-8-9-17(20(23)19(16)22)15-5-4-12(2)24-11-15/h6-10,12,15H,3-5,11H2,1-2H3. The molecule has 1 nitrogen and oxygen atoms in total. The summed E-state index contributed by atoms with van der Waals surface area (Å²) in [4.78, 5) is 0. The van der Waals surface area contributed by atoms with Crippen LogP contribution in [0.3, 0.4) is 0 Å². The molecule has 1 heterocycles. The van der Waals surface area contributed by atoms with E-state index in [2.05, 4.69) is 0 Å². The minimum Gasteiger partial charge on any atom is -0.378 e. The molecule has 4 heteroatoms. The molecule has 0 N–H and O–H groups in total. The van der Waals surface area contributed by atoms with Crippen LogP contribution in [0.2, 0.25) is 0 Å². The highest BCUT2D eigenvalue weighted by Gasteiger charge is 2.25. The van der Waals surface area contributed by atoms with Crippen LogP contribution >= 0.6 is 0 Å². The van der Waals surface area contributed by atoms with E-state index in [0.717, 1.165) is 12.8 Å². The van der Waals surface area contributed by atoms with Crippen LogP contribution in [-0.4, -0.2) is 12.7 Å². The Balaban J connectivity index is 1.94. The number of ether oxygens (including phenoxy) is 1. The number of halogens is 3. The molecule has 1 aliphatic heterocycles. The lowest BCUT2D eigenvalue weighted by Crippen LogP contribution is -2.23. The fourth-order valence-corrected chi connectivity index (χ4v) is 3.23. The normalized spacial score (nSPS) is 21.0. The smallest absolute Gasteiger partial charge is 0.166 e. The van der Waals surface area contributed by atoms with Gasteiger partial charge in [0.25, 0.3) is 0 Å². The van der Waals surface area contributed by atoms with Crippen molar-refractivity contribution in [2.75, 3.05) is 6.61 Å². The fourth-order valence-electron chi connectivity index (χ4n) is 3.23. The summed E-state index contributed by atoms with van der Waals surface area (Å²) in [6.45, 7) is 4.22. The highest BCUT2D eigenvalue weighted by Crippen LogP contribution is 2.34. The second-order valence-corrected chi connectivity index (χ2v) is 6.41. The quantitative estimate of drug-likeness (QED) is 0.708. The van der Waals surface area contributed by atoms with Gasteiger partial charge in [0.15, 0.2) is 11.6 Å². The van der Waals surface area contributed by atoms with Crippen LogP contribution < -0.4 is 0 Å². The monoisotopic (exact) mass is 334 g/mol. The molecule has 0 radical (unpaired) electrons. The Kier molecular flexibility index (Phi) is 4.95. The molecule has 24 heavy (non-hydrogen) atoms. The van der Waals surface area contributed by atoms with E-state index in [4.69, 9.17) is 4.74 Å². The van der Waals surface area contributed by atoms with Crippen molar-refractivity contribution in [2.45, 2.75) is 45.1 Å². The number of benzene rings is 2. The van der Waals surface area contributed by atoms with Crippen LogP contribution in [0, 0.1) is 17.5 Å². The van der Waals surface area contributed by atoms with Crippen LogP contribution in [0.25, 0.3) is 11.1 Å². The SMILES string of the molecule is CCc1ccc(-c2ccc(C3CCC(C)OC3)c(F)c2F)cc1F. The van der Waals surface area contributed by atoms with Crippen LogP contribution in [0.15, 0.2) is 30.3 Å². The molecule has 1 saturated heterocycles. The number of rotatable bonds is 3. The molecule has 1 fully saturated rings. The summed E-state index contributed by atoms with van der Waals surface area (Å²) < 4.78 is 48.6. The van der Waals surface area contributed by atoms with Crippen molar-refractivity contribution in [2.24, 2.45) is 0 Å². The third kappa shape index (κ3) is 3.20. The summed E-state index contributed by atoms with van der Waals surface area (Å²) in [6.07, 6.45) is 2.32. The minimum absolute atomic E-state index is 0.0860. The second kappa shape index (κ2) is 6.98. The fraction of sp³-hybridized carbons (Fsp3) is 0.400. The van der Waals surface area contributed by atoms with Gasteiger partial charge in [-0.2, -0.15) is 0 Å². The van der Waals surface area contributed by atoms with E-state index < -0.39 is 17.5 Å². The Labute approximate surface area is 140 Å². The molecule has 3 rings (SSSR count). The molecule has 2 aromatic carbocycles. The van der Waals surface area contributed by atoms with Gasteiger partial charge in [-0.3, -0.25) is 0 Å². The molecular weight excluding hydrogens is 313 g/mol. The lowest BCUT2D eigenvalue weighted by Gasteiger charge is -2.27. The average Bonchev–Trinajstić information content (AvgIpc) is 2.58. The summed E-state index contributed by atoms with van der Waals surface area (Å²) >= 11 is 0. The third-order valence-corrected chi connectivity index (χ3v) is 4.80. The molecule has 0 spiro atoms. The molecule has 2 atom stereocenters. The van der Waals surface area contributed by atoms with Crippen molar-refractivity contribution in [3.8, 4) is 11.1 Å². The molecule has 0 bridgehead atoms. The van der Waals surface area contributed by atoms with Gasteiger partial charge in [0.2, 0.25) is 0 Å².